The normalized spacial score (nSPS) is 15.8. The number of ether oxygens (including phenoxy) is 1. The summed E-state index contributed by atoms with van der Waals surface area (Å²) in [6.07, 6.45) is 10.9. The third-order valence-electron chi connectivity index (χ3n) is 5.16. The Labute approximate surface area is 152 Å². The second kappa shape index (κ2) is 7.32. The molecular weight excluding hydrogens is 327 g/mol. The molecule has 1 heterocycles. The minimum atomic E-state index is -0.295. The summed E-state index contributed by atoms with van der Waals surface area (Å²) in [5.41, 5.74) is 3.02. The van der Waals surface area contributed by atoms with Crippen molar-refractivity contribution in [1.29, 1.82) is 0 Å². The predicted molar refractivity (Wildman–Crippen MR) is 104 cm³/mol. The van der Waals surface area contributed by atoms with Crippen molar-refractivity contribution in [3.05, 3.63) is 54.1 Å². The fourth-order valence-electron chi connectivity index (χ4n) is 3.77. The van der Waals surface area contributed by atoms with Crippen LogP contribution in [-0.4, -0.2) is 17.1 Å². The molecule has 1 N–H and O–H groups in total. The van der Waals surface area contributed by atoms with Crippen molar-refractivity contribution < 1.29 is 9.13 Å². The molecule has 134 valence electrons. The van der Waals surface area contributed by atoms with Gasteiger partial charge in [0.15, 0.2) is 0 Å². The molecule has 4 heteroatoms. The van der Waals surface area contributed by atoms with Crippen molar-refractivity contribution >= 4 is 17.1 Å². The minimum Gasteiger partial charge on any atom is -0.496 e. The summed E-state index contributed by atoms with van der Waals surface area (Å²) in [7, 11) is 1.56. The highest BCUT2D eigenvalue weighted by atomic mass is 19.1. The molecule has 4 rings (SSSR count). The summed E-state index contributed by atoms with van der Waals surface area (Å²) in [5.74, 6) is 1.74. The number of nitrogens with zero attached hydrogens (tertiary/aromatic N) is 1. The maximum atomic E-state index is 14.3. The first-order valence-electron chi connectivity index (χ1n) is 9.25. The third kappa shape index (κ3) is 3.36. The number of hydrogen-bond donors (Lipinski definition) is 1. The second-order valence-electron chi connectivity index (χ2n) is 6.93. The van der Waals surface area contributed by atoms with Gasteiger partial charge in [0.05, 0.1) is 23.7 Å². The number of fused-ring (bicyclic) bond motifs is 1. The number of H-pyrrole nitrogens is 1. The van der Waals surface area contributed by atoms with E-state index in [4.69, 9.17) is 4.74 Å². The Balaban J connectivity index is 1.65. The standard InChI is InChI=1S/C22H23FN2O/c1-26-20-9-5-8-17(23)22(20)16-11-12-18-19(14-16)25-21(24-18)13-10-15-6-3-2-4-7-15/h5,8-15H,2-4,6-7H2,1H3,(H,24,25)/b13-10+. The summed E-state index contributed by atoms with van der Waals surface area (Å²) in [5, 5.41) is 0. The van der Waals surface area contributed by atoms with Gasteiger partial charge in [-0.1, -0.05) is 37.5 Å². The highest BCUT2D eigenvalue weighted by molar-refractivity contribution is 5.84. The number of aromatic nitrogens is 2. The first-order valence-corrected chi connectivity index (χ1v) is 9.25. The lowest BCUT2D eigenvalue weighted by atomic mass is 9.89. The van der Waals surface area contributed by atoms with Gasteiger partial charge in [-0.25, -0.2) is 9.37 Å². The van der Waals surface area contributed by atoms with Crippen LogP contribution in [0.1, 0.15) is 37.9 Å². The van der Waals surface area contributed by atoms with E-state index in [2.05, 4.69) is 22.1 Å². The molecule has 1 aromatic heterocycles. The van der Waals surface area contributed by atoms with Gasteiger partial charge in [0.2, 0.25) is 0 Å². The number of aromatic amines is 1. The molecule has 3 aromatic rings. The highest BCUT2D eigenvalue weighted by Crippen LogP contribution is 2.34. The lowest BCUT2D eigenvalue weighted by molar-refractivity contribution is 0.413. The molecule has 1 aliphatic rings. The molecule has 26 heavy (non-hydrogen) atoms. The van der Waals surface area contributed by atoms with Gasteiger partial charge in [0.25, 0.3) is 0 Å². The van der Waals surface area contributed by atoms with Crippen LogP contribution in [0.25, 0.3) is 28.2 Å². The summed E-state index contributed by atoms with van der Waals surface area (Å²) in [6.45, 7) is 0. The molecule has 0 saturated heterocycles. The molecule has 1 fully saturated rings. The van der Waals surface area contributed by atoms with Crippen molar-refractivity contribution in [3.63, 3.8) is 0 Å². The third-order valence-corrected chi connectivity index (χ3v) is 5.16. The number of benzene rings is 2. The van der Waals surface area contributed by atoms with Crippen LogP contribution in [-0.2, 0) is 0 Å². The highest BCUT2D eigenvalue weighted by Gasteiger charge is 2.13. The SMILES string of the molecule is COc1cccc(F)c1-c1ccc2[nH]c(/C=C/C3CCCCC3)nc2c1. The summed E-state index contributed by atoms with van der Waals surface area (Å²) >= 11 is 0. The van der Waals surface area contributed by atoms with Gasteiger partial charge in [0.1, 0.15) is 17.4 Å². The van der Waals surface area contributed by atoms with Crippen molar-refractivity contribution in [2.24, 2.45) is 5.92 Å². The van der Waals surface area contributed by atoms with Crippen LogP contribution in [0.2, 0.25) is 0 Å². The molecule has 0 bridgehead atoms. The maximum absolute atomic E-state index is 14.3. The Kier molecular flexibility index (Phi) is 4.74. The quantitative estimate of drug-likeness (QED) is 0.629. The number of halogens is 1. The van der Waals surface area contributed by atoms with Gasteiger partial charge in [0, 0.05) is 0 Å². The van der Waals surface area contributed by atoms with E-state index in [9.17, 15) is 4.39 Å². The first-order chi connectivity index (χ1) is 12.7. The first kappa shape index (κ1) is 16.8. The molecule has 1 aliphatic carbocycles. The van der Waals surface area contributed by atoms with Gasteiger partial charge >= 0.3 is 0 Å². The van der Waals surface area contributed by atoms with E-state index in [1.54, 1.807) is 19.2 Å². The van der Waals surface area contributed by atoms with E-state index < -0.39 is 0 Å². The zero-order valence-electron chi connectivity index (χ0n) is 15.0. The van der Waals surface area contributed by atoms with E-state index >= 15 is 0 Å². The Morgan fingerprint density at radius 1 is 1.15 bits per heavy atom. The number of methoxy groups -OCH3 is 1. The van der Waals surface area contributed by atoms with Gasteiger partial charge < -0.3 is 9.72 Å². The number of rotatable bonds is 4. The molecule has 0 amide bonds. The fraction of sp³-hybridized carbons (Fsp3) is 0.318. The van der Waals surface area contributed by atoms with E-state index in [0.717, 1.165) is 22.4 Å². The zero-order chi connectivity index (χ0) is 17.9. The molecule has 2 aromatic carbocycles. The molecule has 0 aliphatic heterocycles. The average Bonchev–Trinajstić information content (AvgIpc) is 3.09. The Hall–Kier alpha value is -2.62. The molecule has 0 unspecified atom stereocenters. The van der Waals surface area contributed by atoms with E-state index in [-0.39, 0.29) is 5.82 Å². The Morgan fingerprint density at radius 2 is 2.00 bits per heavy atom. The Bertz CT molecular complexity index is 938. The number of hydrogen-bond acceptors (Lipinski definition) is 2. The van der Waals surface area contributed by atoms with Gasteiger partial charge in [-0.2, -0.15) is 0 Å². The molecule has 3 nitrogen and oxygen atoms in total. The van der Waals surface area contributed by atoms with Crippen LogP contribution in [0.5, 0.6) is 5.75 Å². The zero-order valence-corrected chi connectivity index (χ0v) is 15.0. The molecule has 0 spiro atoms. The number of imidazole rings is 1. The van der Waals surface area contributed by atoms with Crippen LogP contribution in [0, 0.1) is 11.7 Å². The van der Waals surface area contributed by atoms with E-state index in [1.165, 1.54) is 38.2 Å². The molecule has 0 radical (unpaired) electrons. The van der Waals surface area contributed by atoms with Crippen molar-refractivity contribution in [2.45, 2.75) is 32.1 Å². The van der Waals surface area contributed by atoms with Crippen LogP contribution in [0.3, 0.4) is 0 Å². The minimum absolute atomic E-state index is 0.295. The number of allylic oxidation sites excluding steroid dienone is 1. The summed E-state index contributed by atoms with van der Waals surface area (Å²) < 4.78 is 19.7. The lowest BCUT2D eigenvalue weighted by Gasteiger charge is -2.17. The largest absolute Gasteiger partial charge is 0.496 e. The average molecular weight is 350 g/mol. The summed E-state index contributed by atoms with van der Waals surface area (Å²) in [4.78, 5) is 8.00. The summed E-state index contributed by atoms with van der Waals surface area (Å²) in [6, 6.07) is 10.6. The maximum Gasteiger partial charge on any atom is 0.134 e. The van der Waals surface area contributed by atoms with Crippen molar-refractivity contribution in [2.75, 3.05) is 7.11 Å². The monoisotopic (exact) mass is 350 g/mol. The topological polar surface area (TPSA) is 37.9 Å². The smallest absolute Gasteiger partial charge is 0.134 e. The van der Waals surface area contributed by atoms with Gasteiger partial charge in [-0.05, 0) is 54.7 Å². The predicted octanol–water partition coefficient (Wildman–Crippen LogP) is 5.97. The van der Waals surface area contributed by atoms with E-state index in [0.29, 0.717) is 17.2 Å². The van der Waals surface area contributed by atoms with Crippen LogP contribution in [0.4, 0.5) is 4.39 Å². The second-order valence-corrected chi connectivity index (χ2v) is 6.93. The fourth-order valence-corrected chi connectivity index (χ4v) is 3.77. The molecular formula is C22H23FN2O. The van der Waals surface area contributed by atoms with Crippen LogP contribution < -0.4 is 4.74 Å². The van der Waals surface area contributed by atoms with Gasteiger partial charge in [-0.3, -0.25) is 0 Å². The van der Waals surface area contributed by atoms with Crippen LogP contribution in [0.15, 0.2) is 42.5 Å². The molecule has 1 saturated carbocycles. The van der Waals surface area contributed by atoms with Crippen molar-refractivity contribution in [1.82, 2.24) is 9.97 Å². The Morgan fingerprint density at radius 3 is 2.81 bits per heavy atom. The van der Waals surface area contributed by atoms with E-state index in [1.807, 2.05) is 18.2 Å². The number of nitrogens with one attached hydrogen (secondary N) is 1. The van der Waals surface area contributed by atoms with Crippen LogP contribution >= 0.6 is 0 Å². The molecule has 0 atom stereocenters. The lowest BCUT2D eigenvalue weighted by Crippen LogP contribution is -2.02. The van der Waals surface area contributed by atoms with Crippen molar-refractivity contribution in [3.8, 4) is 16.9 Å². The van der Waals surface area contributed by atoms with Gasteiger partial charge in [-0.15, -0.1) is 0 Å².